The zero-order chi connectivity index (χ0) is 22.9. The molecule has 0 radical (unpaired) electrons. The molecule has 1 saturated heterocycles. The molecule has 1 aliphatic rings. The number of hydrogen-bond donors (Lipinski definition) is 0. The van der Waals surface area contributed by atoms with Crippen LogP contribution in [0, 0.1) is 24.0 Å². The fourth-order valence-corrected chi connectivity index (χ4v) is 5.52. The molecule has 0 amide bonds. The van der Waals surface area contributed by atoms with Crippen molar-refractivity contribution in [1.82, 2.24) is 14.1 Å². The summed E-state index contributed by atoms with van der Waals surface area (Å²) in [6.45, 7) is 5.43. The number of anilines is 1. The van der Waals surface area contributed by atoms with Gasteiger partial charge in [0.25, 0.3) is 5.69 Å². The SMILES string of the molecule is Cc1cc(C)n(-c2cc(N3CCN(S(=O)(=O)Cc4ccccc4)CC3)ccc2[N+](=O)[O-])n1. The van der Waals surface area contributed by atoms with Crippen molar-refractivity contribution in [2.45, 2.75) is 19.6 Å². The lowest BCUT2D eigenvalue weighted by molar-refractivity contribution is -0.384. The first-order valence-electron chi connectivity index (χ1n) is 10.3. The summed E-state index contributed by atoms with van der Waals surface area (Å²) in [5.74, 6) is -0.0204. The van der Waals surface area contributed by atoms with Crippen molar-refractivity contribution in [3.8, 4) is 5.69 Å². The second-order valence-electron chi connectivity index (χ2n) is 7.90. The predicted octanol–water partition coefficient (Wildman–Crippen LogP) is 3.05. The summed E-state index contributed by atoms with van der Waals surface area (Å²) < 4.78 is 28.7. The molecular weight excluding hydrogens is 430 g/mol. The molecule has 1 aliphatic heterocycles. The Kier molecular flexibility index (Phi) is 5.98. The molecule has 9 nitrogen and oxygen atoms in total. The van der Waals surface area contributed by atoms with Crippen LogP contribution >= 0.6 is 0 Å². The number of nitro groups is 1. The van der Waals surface area contributed by atoms with Crippen LogP contribution in [0.25, 0.3) is 5.69 Å². The summed E-state index contributed by atoms with van der Waals surface area (Å²) in [4.78, 5) is 13.2. The van der Waals surface area contributed by atoms with E-state index in [0.29, 0.717) is 31.9 Å². The standard InChI is InChI=1S/C22H25N5O4S/c1-17-14-18(2)26(23-17)22-15-20(8-9-21(22)27(28)29)24-10-12-25(13-11-24)32(30,31)16-19-6-4-3-5-7-19/h3-9,14-15H,10-13,16H2,1-2H3. The van der Waals surface area contributed by atoms with Gasteiger partial charge in [0.1, 0.15) is 5.69 Å². The van der Waals surface area contributed by atoms with Crippen LogP contribution in [0.5, 0.6) is 0 Å². The minimum atomic E-state index is -3.41. The number of rotatable bonds is 6. The van der Waals surface area contributed by atoms with Crippen LogP contribution in [0.4, 0.5) is 11.4 Å². The molecule has 0 atom stereocenters. The third-order valence-corrected chi connectivity index (χ3v) is 7.43. The Bertz CT molecular complexity index is 1230. The maximum atomic E-state index is 12.8. The van der Waals surface area contributed by atoms with Gasteiger partial charge in [-0.15, -0.1) is 0 Å². The number of aromatic nitrogens is 2. The third-order valence-electron chi connectivity index (χ3n) is 5.58. The number of piperazine rings is 1. The fraction of sp³-hybridized carbons (Fsp3) is 0.318. The molecule has 32 heavy (non-hydrogen) atoms. The number of sulfonamides is 1. The molecule has 3 aromatic rings. The average molecular weight is 456 g/mol. The molecule has 0 saturated carbocycles. The van der Waals surface area contributed by atoms with Gasteiger partial charge in [-0.2, -0.15) is 9.40 Å². The van der Waals surface area contributed by atoms with Crippen molar-refractivity contribution in [3.05, 3.63) is 81.7 Å². The molecule has 1 fully saturated rings. The van der Waals surface area contributed by atoms with Crippen LogP contribution in [0.1, 0.15) is 17.0 Å². The molecule has 168 valence electrons. The van der Waals surface area contributed by atoms with E-state index in [4.69, 9.17) is 0 Å². The van der Waals surface area contributed by atoms with E-state index >= 15 is 0 Å². The van der Waals surface area contributed by atoms with Gasteiger partial charge in [-0.3, -0.25) is 10.1 Å². The largest absolute Gasteiger partial charge is 0.369 e. The Morgan fingerprint density at radius 2 is 1.69 bits per heavy atom. The number of hydrogen-bond acceptors (Lipinski definition) is 6. The van der Waals surface area contributed by atoms with Gasteiger partial charge in [-0.1, -0.05) is 30.3 Å². The summed E-state index contributed by atoms with van der Waals surface area (Å²) in [5.41, 5.74) is 3.53. The molecular formula is C22H25N5O4S. The van der Waals surface area contributed by atoms with E-state index in [9.17, 15) is 18.5 Å². The lowest BCUT2D eigenvalue weighted by Gasteiger charge is -2.35. The van der Waals surface area contributed by atoms with E-state index in [2.05, 4.69) is 5.10 Å². The van der Waals surface area contributed by atoms with E-state index in [-0.39, 0.29) is 11.4 Å². The monoisotopic (exact) mass is 455 g/mol. The fourth-order valence-electron chi connectivity index (χ4n) is 4.01. The zero-order valence-electron chi connectivity index (χ0n) is 18.0. The van der Waals surface area contributed by atoms with Crippen LogP contribution in [0.15, 0.2) is 54.6 Å². The first-order chi connectivity index (χ1) is 15.2. The zero-order valence-corrected chi connectivity index (χ0v) is 18.8. The van der Waals surface area contributed by atoms with Gasteiger partial charge in [0.05, 0.1) is 16.4 Å². The number of nitrogens with zero attached hydrogens (tertiary/aromatic N) is 5. The van der Waals surface area contributed by atoms with E-state index < -0.39 is 14.9 Å². The second kappa shape index (κ2) is 8.71. The van der Waals surface area contributed by atoms with E-state index in [1.54, 1.807) is 16.8 Å². The smallest absolute Gasteiger partial charge is 0.295 e. The van der Waals surface area contributed by atoms with Crippen LogP contribution in [0.2, 0.25) is 0 Å². The lowest BCUT2D eigenvalue weighted by Crippen LogP contribution is -2.49. The highest BCUT2D eigenvalue weighted by Gasteiger charge is 2.28. The van der Waals surface area contributed by atoms with Crippen LogP contribution in [-0.2, 0) is 15.8 Å². The molecule has 10 heteroatoms. The second-order valence-corrected chi connectivity index (χ2v) is 9.87. The van der Waals surface area contributed by atoms with Crippen molar-refractivity contribution in [1.29, 1.82) is 0 Å². The first-order valence-corrected chi connectivity index (χ1v) is 11.9. The van der Waals surface area contributed by atoms with Crippen molar-refractivity contribution in [2.75, 3.05) is 31.1 Å². The highest BCUT2D eigenvalue weighted by molar-refractivity contribution is 7.88. The third kappa shape index (κ3) is 4.51. The molecule has 1 aromatic heterocycles. The molecule has 2 aromatic carbocycles. The summed E-state index contributed by atoms with van der Waals surface area (Å²) in [5, 5.41) is 16.0. The van der Waals surface area contributed by atoms with E-state index in [0.717, 1.165) is 22.6 Å². The van der Waals surface area contributed by atoms with E-state index in [1.807, 2.05) is 55.1 Å². The van der Waals surface area contributed by atoms with Crippen LogP contribution < -0.4 is 4.90 Å². The molecule has 0 aliphatic carbocycles. The number of aryl methyl sites for hydroxylation is 2. The Labute approximate surface area is 187 Å². The quantitative estimate of drug-likeness (QED) is 0.418. The predicted molar refractivity (Wildman–Crippen MR) is 123 cm³/mol. The Morgan fingerprint density at radius 1 is 1.00 bits per heavy atom. The summed E-state index contributed by atoms with van der Waals surface area (Å²) >= 11 is 0. The Hall–Kier alpha value is -3.24. The molecule has 4 rings (SSSR count). The topological polar surface area (TPSA) is 102 Å². The minimum Gasteiger partial charge on any atom is -0.369 e. The Morgan fingerprint density at radius 3 is 2.28 bits per heavy atom. The molecule has 2 heterocycles. The summed E-state index contributed by atoms with van der Waals surface area (Å²) in [6, 6.07) is 16.0. The van der Waals surface area contributed by atoms with Gasteiger partial charge in [-0.25, -0.2) is 13.1 Å². The van der Waals surface area contributed by atoms with Gasteiger partial charge < -0.3 is 4.90 Å². The number of nitro benzene ring substituents is 1. The van der Waals surface area contributed by atoms with Crippen molar-refractivity contribution < 1.29 is 13.3 Å². The van der Waals surface area contributed by atoms with Gasteiger partial charge in [-0.05, 0) is 37.6 Å². The molecule has 0 unspecified atom stereocenters. The molecule has 0 spiro atoms. The minimum absolute atomic E-state index is 0.0204. The number of benzene rings is 2. The highest BCUT2D eigenvalue weighted by atomic mass is 32.2. The van der Waals surface area contributed by atoms with Gasteiger partial charge >= 0.3 is 0 Å². The van der Waals surface area contributed by atoms with Crippen molar-refractivity contribution in [2.24, 2.45) is 0 Å². The lowest BCUT2D eigenvalue weighted by atomic mass is 10.2. The highest BCUT2D eigenvalue weighted by Crippen LogP contribution is 2.30. The van der Waals surface area contributed by atoms with Gasteiger partial charge in [0.15, 0.2) is 0 Å². The van der Waals surface area contributed by atoms with Crippen molar-refractivity contribution in [3.63, 3.8) is 0 Å². The summed E-state index contributed by atoms with van der Waals surface area (Å²) in [6.07, 6.45) is 0. The first kappa shape index (κ1) is 22.0. The maximum absolute atomic E-state index is 12.8. The van der Waals surface area contributed by atoms with Crippen LogP contribution in [-0.4, -0.2) is 53.6 Å². The van der Waals surface area contributed by atoms with E-state index in [1.165, 1.54) is 10.4 Å². The van der Waals surface area contributed by atoms with Gasteiger partial charge in [0, 0.05) is 43.6 Å². The van der Waals surface area contributed by atoms with Crippen molar-refractivity contribution >= 4 is 21.4 Å². The van der Waals surface area contributed by atoms with Gasteiger partial charge in [0.2, 0.25) is 10.0 Å². The summed E-state index contributed by atoms with van der Waals surface area (Å²) in [7, 11) is -3.41. The molecule has 0 bridgehead atoms. The van der Waals surface area contributed by atoms with Crippen LogP contribution in [0.3, 0.4) is 0 Å². The normalized spacial score (nSPS) is 15.1. The average Bonchev–Trinajstić information content (AvgIpc) is 3.11. The maximum Gasteiger partial charge on any atom is 0.295 e. The molecule has 0 N–H and O–H groups in total. The Balaban J connectivity index is 1.53.